The first-order valence-corrected chi connectivity index (χ1v) is 9.17. The van der Waals surface area contributed by atoms with Crippen LogP contribution in [0.25, 0.3) is 0 Å². The summed E-state index contributed by atoms with van der Waals surface area (Å²) in [4.78, 5) is 8.95. The molecule has 0 amide bonds. The van der Waals surface area contributed by atoms with E-state index in [1.54, 1.807) is 25.6 Å². The van der Waals surface area contributed by atoms with Crippen molar-refractivity contribution in [3.05, 3.63) is 28.3 Å². The number of hydrogen-bond donors (Lipinski definition) is 1. The average Bonchev–Trinajstić information content (AvgIpc) is 2.72. The molecule has 7 nitrogen and oxygen atoms in total. The van der Waals surface area contributed by atoms with E-state index < -0.39 is 10.0 Å². The highest BCUT2D eigenvalue weighted by Gasteiger charge is 2.25. The van der Waals surface area contributed by atoms with Gasteiger partial charge >= 0.3 is 0 Å². The van der Waals surface area contributed by atoms with Gasteiger partial charge in [0, 0.05) is 18.4 Å². The van der Waals surface area contributed by atoms with Gasteiger partial charge in [-0.2, -0.15) is 5.10 Å². The predicted molar refractivity (Wildman–Crippen MR) is 86.9 cm³/mol. The molecule has 1 N–H and O–H groups in total. The number of aryl methyl sites for hydroxylation is 4. The maximum Gasteiger partial charge on any atom is 0.267 e. The number of aromatic nitrogens is 4. The molecule has 0 saturated carbocycles. The molecule has 2 heterocycles. The van der Waals surface area contributed by atoms with Crippen LogP contribution in [0.4, 0.5) is 5.95 Å². The van der Waals surface area contributed by atoms with E-state index in [0.717, 1.165) is 42.6 Å². The van der Waals surface area contributed by atoms with Gasteiger partial charge in [0.25, 0.3) is 10.0 Å². The molecule has 3 rings (SSSR count). The second-order valence-electron chi connectivity index (χ2n) is 5.99. The largest absolute Gasteiger partial charge is 0.271 e. The zero-order valence-corrected chi connectivity index (χ0v) is 14.7. The molecule has 2 aromatic heterocycles. The fourth-order valence-corrected chi connectivity index (χ4v) is 4.53. The highest BCUT2D eigenvalue weighted by molar-refractivity contribution is 7.92. The Morgan fingerprint density at radius 2 is 1.74 bits per heavy atom. The Balaban J connectivity index is 1.99. The van der Waals surface area contributed by atoms with E-state index in [9.17, 15) is 8.42 Å². The number of rotatable bonds is 3. The monoisotopic (exact) mass is 335 g/mol. The van der Waals surface area contributed by atoms with Gasteiger partial charge in [-0.3, -0.25) is 4.68 Å². The lowest BCUT2D eigenvalue weighted by molar-refractivity contribution is 0.599. The van der Waals surface area contributed by atoms with Gasteiger partial charge in [0.1, 0.15) is 4.90 Å². The van der Waals surface area contributed by atoms with E-state index in [1.165, 1.54) is 0 Å². The minimum absolute atomic E-state index is 0.144. The molecule has 0 bridgehead atoms. The summed E-state index contributed by atoms with van der Waals surface area (Å²) in [7, 11) is -2.03. The van der Waals surface area contributed by atoms with Crippen LogP contribution in [0.3, 0.4) is 0 Å². The van der Waals surface area contributed by atoms with Crippen molar-refractivity contribution in [3.8, 4) is 0 Å². The van der Waals surface area contributed by atoms with Crippen LogP contribution in [0, 0.1) is 20.8 Å². The van der Waals surface area contributed by atoms with Crippen molar-refractivity contribution in [2.75, 3.05) is 4.72 Å². The zero-order chi connectivity index (χ0) is 16.8. The summed E-state index contributed by atoms with van der Waals surface area (Å²) in [6.45, 7) is 5.32. The second kappa shape index (κ2) is 5.59. The molecule has 0 saturated heterocycles. The second-order valence-corrected chi connectivity index (χ2v) is 7.61. The normalized spacial score (nSPS) is 14.6. The van der Waals surface area contributed by atoms with E-state index >= 15 is 0 Å². The summed E-state index contributed by atoms with van der Waals surface area (Å²) in [5.41, 5.74) is 4.03. The van der Waals surface area contributed by atoms with E-state index in [0.29, 0.717) is 11.4 Å². The Labute approximate surface area is 136 Å². The van der Waals surface area contributed by atoms with Crippen LogP contribution in [-0.2, 0) is 29.9 Å². The van der Waals surface area contributed by atoms with Crippen molar-refractivity contribution >= 4 is 16.0 Å². The van der Waals surface area contributed by atoms with Crippen molar-refractivity contribution in [2.24, 2.45) is 7.05 Å². The lowest BCUT2D eigenvalue weighted by Gasteiger charge is -2.17. The van der Waals surface area contributed by atoms with Gasteiger partial charge in [-0.05, 0) is 52.0 Å². The van der Waals surface area contributed by atoms with Gasteiger partial charge in [-0.25, -0.2) is 23.1 Å². The van der Waals surface area contributed by atoms with Crippen LogP contribution < -0.4 is 4.72 Å². The summed E-state index contributed by atoms with van der Waals surface area (Å²) in [6.07, 6.45) is 4.06. The molecule has 124 valence electrons. The minimum Gasteiger partial charge on any atom is -0.271 e. The third-order valence-electron chi connectivity index (χ3n) is 4.33. The Bertz CT molecular complexity index is 870. The zero-order valence-electron chi connectivity index (χ0n) is 13.8. The molecule has 0 aromatic carbocycles. The van der Waals surface area contributed by atoms with Crippen molar-refractivity contribution < 1.29 is 8.42 Å². The maximum atomic E-state index is 12.7. The van der Waals surface area contributed by atoms with Crippen LogP contribution in [0.2, 0.25) is 0 Å². The van der Waals surface area contributed by atoms with Gasteiger partial charge in [0.2, 0.25) is 5.95 Å². The molecule has 0 atom stereocenters. The maximum absolute atomic E-state index is 12.7. The third kappa shape index (κ3) is 2.83. The summed E-state index contributed by atoms with van der Waals surface area (Å²) in [5, 5.41) is 4.16. The van der Waals surface area contributed by atoms with E-state index in [1.807, 2.05) is 6.92 Å². The van der Waals surface area contributed by atoms with Crippen LogP contribution in [0.1, 0.15) is 41.2 Å². The van der Waals surface area contributed by atoms with E-state index in [-0.39, 0.29) is 10.8 Å². The van der Waals surface area contributed by atoms with Crippen LogP contribution in [0.15, 0.2) is 4.90 Å². The van der Waals surface area contributed by atoms with Crippen LogP contribution in [-0.4, -0.2) is 28.2 Å². The highest BCUT2D eigenvalue weighted by atomic mass is 32.2. The van der Waals surface area contributed by atoms with Gasteiger partial charge < -0.3 is 0 Å². The summed E-state index contributed by atoms with van der Waals surface area (Å²) in [6, 6.07) is 0. The number of nitrogens with zero attached hydrogens (tertiary/aromatic N) is 4. The quantitative estimate of drug-likeness (QED) is 0.924. The van der Waals surface area contributed by atoms with Crippen molar-refractivity contribution in [1.82, 2.24) is 19.7 Å². The van der Waals surface area contributed by atoms with E-state index in [2.05, 4.69) is 19.8 Å². The molecular formula is C15H21N5O2S. The van der Waals surface area contributed by atoms with E-state index in [4.69, 9.17) is 0 Å². The molecule has 0 fully saturated rings. The summed E-state index contributed by atoms with van der Waals surface area (Å²) >= 11 is 0. The topological polar surface area (TPSA) is 89.8 Å². The lowest BCUT2D eigenvalue weighted by Crippen LogP contribution is -2.19. The first-order valence-electron chi connectivity index (χ1n) is 7.69. The molecule has 8 heteroatoms. The standard InChI is InChI=1S/C15H21N5O2S/c1-9-12-7-5-6-8-13(12)17-15(16-9)19-23(21,22)14-10(2)18-20(4)11(14)3/h5-8H2,1-4H3,(H,16,17,19). The molecular weight excluding hydrogens is 314 g/mol. The Morgan fingerprint density at radius 3 is 2.39 bits per heavy atom. The molecule has 0 radical (unpaired) electrons. The number of sulfonamides is 1. The molecule has 23 heavy (non-hydrogen) atoms. The number of fused-ring (bicyclic) bond motifs is 1. The average molecular weight is 335 g/mol. The molecule has 1 aliphatic rings. The number of hydrogen-bond acceptors (Lipinski definition) is 5. The molecule has 0 spiro atoms. The summed E-state index contributed by atoms with van der Waals surface area (Å²) < 4.78 is 29.5. The van der Waals surface area contributed by atoms with Crippen molar-refractivity contribution in [1.29, 1.82) is 0 Å². The first kappa shape index (κ1) is 15.9. The fraction of sp³-hybridized carbons (Fsp3) is 0.533. The van der Waals surface area contributed by atoms with Gasteiger partial charge in [0.05, 0.1) is 11.4 Å². The lowest BCUT2D eigenvalue weighted by atomic mass is 9.95. The predicted octanol–water partition coefficient (Wildman–Crippen LogP) is 1.81. The number of nitrogens with one attached hydrogen (secondary N) is 1. The molecule has 0 aliphatic heterocycles. The SMILES string of the molecule is Cc1nc(NS(=O)(=O)c2c(C)nn(C)c2C)nc2c1CCCC2. The molecule has 0 unspecified atom stereocenters. The molecule has 1 aliphatic carbocycles. The van der Waals surface area contributed by atoms with Crippen molar-refractivity contribution in [3.63, 3.8) is 0 Å². The van der Waals surface area contributed by atoms with Gasteiger partial charge in [-0.15, -0.1) is 0 Å². The summed E-state index contributed by atoms with van der Waals surface area (Å²) in [5.74, 6) is 0.144. The van der Waals surface area contributed by atoms with Crippen molar-refractivity contribution in [2.45, 2.75) is 51.3 Å². The highest BCUT2D eigenvalue weighted by Crippen LogP contribution is 2.25. The Kier molecular flexibility index (Phi) is 3.87. The Hall–Kier alpha value is -1.96. The van der Waals surface area contributed by atoms with Crippen LogP contribution in [0.5, 0.6) is 0 Å². The Morgan fingerprint density at radius 1 is 1.04 bits per heavy atom. The fourth-order valence-electron chi connectivity index (χ4n) is 3.14. The molecule has 2 aromatic rings. The smallest absolute Gasteiger partial charge is 0.267 e. The van der Waals surface area contributed by atoms with Crippen LogP contribution >= 0.6 is 0 Å². The van der Waals surface area contributed by atoms with Gasteiger partial charge in [0.15, 0.2) is 0 Å². The first-order chi connectivity index (χ1) is 10.8. The number of anilines is 1. The minimum atomic E-state index is -3.76. The van der Waals surface area contributed by atoms with Gasteiger partial charge in [-0.1, -0.05) is 0 Å². The third-order valence-corrected chi connectivity index (χ3v) is 5.91.